The molecule has 28 heavy (non-hydrogen) atoms. The first-order valence-corrected chi connectivity index (χ1v) is 9.63. The van der Waals surface area contributed by atoms with Gasteiger partial charge in [-0.3, -0.25) is 0 Å². The first kappa shape index (κ1) is 17.3. The Labute approximate surface area is 168 Å². The van der Waals surface area contributed by atoms with Gasteiger partial charge in [-0.15, -0.1) is 0 Å². The SMILES string of the molecule is CC1(C)c2cc(Cl)ccc2-c2c(-c3ccc(F)cc3)oc(-c3ccccc3)c21. The van der Waals surface area contributed by atoms with Crippen molar-refractivity contribution in [3.63, 3.8) is 0 Å². The number of furan rings is 1. The minimum absolute atomic E-state index is 0.261. The Morgan fingerprint density at radius 3 is 2.21 bits per heavy atom. The van der Waals surface area contributed by atoms with Crippen LogP contribution in [0.25, 0.3) is 33.8 Å². The predicted molar refractivity (Wildman–Crippen MR) is 112 cm³/mol. The molecule has 0 N–H and O–H groups in total. The minimum atomic E-state index is -0.261. The van der Waals surface area contributed by atoms with Crippen LogP contribution in [0.3, 0.4) is 0 Å². The van der Waals surface area contributed by atoms with E-state index < -0.39 is 0 Å². The summed E-state index contributed by atoms with van der Waals surface area (Å²) in [6.07, 6.45) is 0. The smallest absolute Gasteiger partial charge is 0.142 e. The lowest BCUT2D eigenvalue weighted by Crippen LogP contribution is -2.15. The van der Waals surface area contributed by atoms with Crippen molar-refractivity contribution >= 4 is 11.6 Å². The summed E-state index contributed by atoms with van der Waals surface area (Å²) < 4.78 is 20.0. The van der Waals surface area contributed by atoms with E-state index in [-0.39, 0.29) is 11.2 Å². The summed E-state index contributed by atoms with van der Waals surface area (Å²) in [6, 6.07) is 22.6. The van der Waals surface area contributed by atoms with Gasteiger partial charge >= 0.3 is 0 Å². The predicted octanol–water partition coefficient (Wildman–Crippen LogP) is 7.71. The van der Waals surface area contributed by atoms with Crippen LogP contribution in [0.1, 0.15) is 25.0 Å². The Balaban J connectivity index is 1.87. The Morgan fingerprint density at radius 2 is 1.50 bits per heavy atom. The summed E-state index contributed by atoms with van der Waals surface area (Å²) in [4.78, 5) is 0. The lowest BCUT2D eigenvalue weighted by atomic mass is 9.81. The summed E-state index contributed by atoms with van der Waals surface area (Å²) in [5, 5.41) is 0.721. The fourth-order valence-corrected chi connectivity index (χ4v) is 4.44. The molecule has 1 aromatic heterocycles. The van der Waals surface area contributed by atoms with E-state index in [0.717, 1.165) is 44.4 Å². The Bertz CT molecular complexity index is 1190. The largest absolute Gasteiger partial charge is 0.455 e. The van der Waals surface area contributed by atoms with E-state index in [9.17, 15) is 4.39 Å². The zero-order valence-corrected chi connectivity index (χ0v) is 16.3. The molecule has 0 radical (unpaired) electrons. The highest BCUT2D eigenvalue weighted by atomic mass is 35.5. The molecule has 3 heteroatoms. The molecule has 0 fully saturated rings. The van der Waals surface area contributed by atoms with Gasteiger partial charge in [-0.2, -0.15) is 0 Å². The molecule has 1 nitrogen and oxygen atoms in total. The third kappa shape index (κ3) is 2.45. The van der Waals surface area contributed by atoms with E-state index in [1.54, 1.807) is 12.1 Å². The topological polar surface area (TPSA) is 13.1 Å². The van der Waals surface area contributed by atoms with Gasteiger partial charge in [0.05, 0.1) is 0 Å². The van der Waals surface area contributed by atoms with Crippen LogP contribution in [-0.2, 0) is 5.41 Å². The van der Waals surface area contributed by atoms with Gasteiger partial charge in [0.2, 0.25) is 0 Å². The molecule has 0 atom stereocenters. The number of benzene rings is 3. The van der Waals surface area contributed by atoms with E-state index in [4.69, 9.17) is 16.0 Å². The fraction of sp³-hybridized carbons (Fsp3) is 0.120. The normalized spacial score (nSPS) is 14.0. The zero-order valence-electron chi connectivity index (χ0n) is 15.6. The highest BCUT2D eigenvalue weighted by molar-refractivity contribution is 6.30. The second-order valence-electron chi connectivity index (χ2n) is 7.70. The zero-order chi connectivity index (χ0) is 19.5. The third-order valence-corrected chi connectivity index (χ3v) is 5.84. The summed E-state index contributed by atoms with van der Waals surface area (Å²) in [5.74, 6) is 1.36. The molecule has 1 heterocycles. The van der Waals surface area contributed by atoms with Crippen LogP contribution in [0.2, 0.25) is 5.02 Å². The average molecular weight is 389 g/mol. The molecule has 0 saturated heterocycles. The number of halogens is 2. The van der Waals surface area contributed by atoms with Crippen LogP contribution in [0, 0.1) is 5.82 Å². The van der Waals surface area contributed by atoms with Crippen molar-refractivity contribution in [2.24, 2.45) is 0 Å². The second-order valence-corrected chi connectivity index (χ2v) is 8.13. The third-order valence-electron chi connectivity index (χ3n) is 5.60. The quantitative estimate of drug-likeness (QED) is 0.342. The molecular weight excluding hydrogens is 371 g/mol. The van der Waals surface area contributed by atoms with E-state index in [1.165, 1.54) is 17.7 Å². The van der Waals surface area contributed by atoms with Crippen molar-refractivity contribution in [3.8, 4) is 33.8 Å². The van der Waals surface area contributed by atoms with E-state index in [1.807, 2.05) is 30.3 Å². The Hall–Kier alpha value is -2.84. The monoisotopic (exact) mass is 388 g/mol. The molecule has 0 spiro atoms. The van der Waals surface area contributed by atoms with Crippen LogP contribution >= 0.6 is 11.6 Å². The molecule has 0 aliphatic heterocycles. The lowest BCUT2D eigenvalue weighted by Gasteiger charge is -2.22. The fourth-order valence-electron chi connectivity index (χ4n) is 4.27. The maximum absolute atomic E-state index is 13.5. The molecule has 3 aromatic carbocycles. The highest BCUT2D eigenvalue weighted by Crippen LogP contribution is 2.57. The first-order chi connectivity index (χ1) is 13.5. The highest BCUT2D eigenvalue weighted by Gasteiger charge is 2.42. The summed E-state index contributed by atoms with van der Waals surface area (Å²) in [6.45, 7) is 4.40. The summed E-state index contributed by atoms with van der Waals surface area (Å²) in [5.41, 5.74) is 6.15. The van der Waals surface area contributed by atoms with Crippen molar-refractivity contribution in [2.75, 3.05) is 0 Å². The van der Waals surface area contributed by atoms with E-state index >= 15 is 0 Å². The van der Waals surface area contributed by atoms with Gasteiger partial charge in [0.15, 0.2) is 0 Å². The van der Waals surface area contributed by atoms with E-state index in [0.29, 0.717) is 0 Å². The van der Waals surface area contributed by atoms with Gasteiger partial charge in [-0.05, 0) is 47.5 Å². The lowest BCUT2D eigenvalue weighted by molar-refractivity contribution is 0.575. The standard InChI is InChI=1S/C25H18ClFO/c1-25(2)20-14-17(26)10-13-19(20)21-22(25)24(15-6-4-3-5-7-15)28-23(21)16-8-11-18(27)12-9-16/h3-14H,1-2H3. The molecule has 0 unspecified atom stereocenters. The number of hydrogen-bond donors (Lipinski definition) is 0. The Kier molecular flexibility index (Phi) is 3.75. The van der Waals surface area contributed by atoms with E-state index in [2.05, 4.69) is 32.0 Å². The summed E-state index contributed by atoms with van der Waals surface area (Å²) >= 11 is 6.33. The van der Waals surface area contributed by atoms with Gasteiger partial charge in [0.25, 0.3) is 0 Å². The van der Waals surface area contributed by atoms with Crippen LogP contribution in [0.4, 0.5) is 4.39 Å². The van der Waals surface area contributed by atoms with Crippen molar-refractivity contribution in [3.05, 3.63) is 94.8 Å². The Morgan fingerprint density at radius 1 is 0.821 bits per heavy atom. The second kappa shape index (κ2) is 6.08. The van der Waals surface area contributed by atoms with Gasteiger partial charge in [-0.1, -0.05) is 61.8 Å². The molecule has 4 aromatic rings. The van der Waals surface area contributed by atoms with Crippen LogP contribution in [-0.4, -0.2) is 0 Å². The van der Waals surface area contributed by atoms with Crippen molar-refractivity contribution < 1.29 is 8.81 Å². The number of fused-ring (bicyclic) bond motifs is 3. The van der Waals surface area contributed by atoms with Crippen molar-refractivity contribution in [1.82, 2.24) is 0 Å². The molecule has 0 amide bonds. The molecule has 1 aliphatic carbocycles. The van der Waals surface area contributed by atoms with Crippen LogP contribution < -0.4 is 0 Å². The molecule has 5 rings (SSSR count). The molecular formula is C25H18ClFO. The maximum atomic E-state index is 13.5. The molecule has 138 valence electrons. The maximum Gasteiger partial charge on any atom is 0.142 e. The number of hydrogen-bond acceptors (Lipinski definition) is 1. The van der Waals surface area contributed by atoms with Crippen LogP contribution in [0.5, 0.6) is 0 Å². The molecule has 1 aliphatic rings. The van der Waals surface area contributed by atoms with Gasteiger partial charge < -0.3 is 4.42 Å². The summed E-state index contributed by atoms with van der Waals surface area (Å²) in [7, 11) is 0. The van der Waals surface area contributed by atoms with Crippen molar-refractivity contribution in [1.29, 1.82) is 0 Å². The molecule has 0 saturated carbocycles. The number of rotatable bonds is 2. The first-order valence-electron chi connectivity index (χ1n) is 9.26. The van der Waals surface area contributed by atoms with Crippen LogP contribution in [0.15, 0.2) is 77.2 Å². The van der Waals surface area contributed by atoms with Crippen molar-refractivity contribution in [2.45, 2.75) is 19.3 Å². The minimum Gasteiger partial charge on any atom is -0.455 e. The molecule has 0 bridgehead atoms. The van der Waals surface area contributed by atoms with Gasteiger partial charge in [0.1, 0.15) is 17.3 Å². The van der Waals surface area contributed by atoms with Gasteiger partial charge in [-0.25, -0.2) is 4.39 Å². The van der Waals surface area contributed by atoms with Gasteiger partial charge in [0, 0.05) is 32.7 Å². The average Bonchev–Trinajstić information content (AvgIpc) is 3.19.